The van der Waals surface area contributed by atoms with Crippen molar-refractivity contribution < 1.29 is 19.0 Å². The standard InChI is InChI=1S/C35H38FNO3/c1-5-27(6-2)28-17-19-31(20-18-28)37(24(3)4)22-26-9-7-10-30(21-26)29-15-13-25(14-16-29)23-40-33-12-8-11-32(36)34(33)35(38)39/h7-21,24,27H,5-6,22-23H2,1-4H3,(H,38,39). The van der Waals surface area contributed by atoms with Crippen LogP contribution in [0.15, 0.2) is 91.0 Å². The molecule has 0 spiro atoms. The van der Waals surface area contributed by atoms with Crippen molar-refractivity contribution in [3.05, 3.63) is 119 Å². The van der Waals surface area contributed by atoms with Gasteiger partial charge in [-0.1, -0.05) is 74.5 Å². The number of halogens is 1. The molecule has 40 heavy (non-hydrogen) atoms. The summed E-state index contributed by atoms with van der Waals surface area (Å²) in [5.41, 5.74) is 6.48. The maximum atomic E-state index is 13.9. The van der Waals surface area contributed by atoms with Crippen molar-refractivity contribution in [1.82, 2.24) is 0 Å². The normalized spacial score (nSPS) is 11.2. The molecule has 0 aliphatic rings. The lowest BCUT2D eigenvalue weighted by Gasteiger charge is -2.30. The Morgan fingerprint density at radius 3 is 2.15 bits per heavy atom. The molecule has 5 heteroatoms. The molecule has 4 aromatic carbocycles. The van der Waals surface area contributed by atoms with Crippen LogP contribution in [0.5, 0.6) is 5.75 Å². The summed E-state index contributed by atoms with van der Waals surface area (Å²) in [6.45, 7) is 9.90. The molecule has 0 atom stereocenters. The molecule has 0 aliphatic heterocycles. The zero-order valence-electron chi connectivity index (χ0n) is 23.7. The Morgan fingerprint density at radius 2 is 1.52 bits per heavy atom. The van der Waals surface area contributed by atoms with E-state index in [1.165, 1.54) is 28.9 Å². The molecule has 1 N–H and O–H groups in total. The van der Waals surface area contributed by atoms with Gasteiger partial charge in [0, 0.05) is 18.3 Å². The fraction of sp³-hybridized carbons (Fsp3) is 0.286. The summed E-state index contributed by atoms with van der Waals surface area (Å²) in [6.07, 6.45) is 2.31. The number of hydrogen-bond donors (Lipinski definition) is 1. The van der Waals surface area contributed by atoms with E-state index in [-0.39, 0.29) is 12.4 Å². The van der Waals surface area contributed by atoms with Gasteiger partial charge in [0.25, 0.3) is 0 Å². The summed E-state index contributed by atoms with van der Waals surface area (Å²) in [6, 6.07) is 30.0. The van der Waals surface area contributed by atoms with Crippen molar-refractivity contribution in [2.45, 2.75) is 65.6 Å². The van der Waals surface area contributed by atoms with Crippen molar-refractivity contribution in [1.29, 1.82) is 0 Å². The molecular weight excluding hydrogens is 501 g/mol. The first-order valence-corrected chi connectivity index (χ1v) is 14.0. The number of carbonyl (C=O) groups is 1. The summed E-state index contributed by atoms with van der Waals surface area (Å²) >= 11 is 0. The van der Waals surface area contributed by atoms with E-state index in [1.807, 2.05) is 24.3 Å². The van der Waals surface area contributed by atoms with Gasteiger partial charge in [0.05, 0.1) is 0 Å². The lowest BCUT2D eigenvalue weighted by Crippen LogP contribution is -2.30. The number of carboxylic acid groups (broad SMARTS) is 1. The number of anilines is 1. The topological polar surface area (TPSA) is 49.8 Å². The Balaban J connectivity index is 1.46. The lowest BCUT2D eigenvalue weighted by molar-refractivity contribution is 0.0686. The number of carboxylic acids is 1. The molecule has 0 fully saturated rings. The van der Waals surface area contributed by atoms with E-state index < -0.39 is 17.3 Å². The number of ether oxygens (including phenoxy) is 1. The van der Waals surface area contributed by atoms with Crippen LogP contribution in [0.2, 0.25) is 0 Å². The van der Waals surface area contributed by atoms with Crippen LogP contribution in [0.3, 0.4) is 0 Å². The minimum atomic E-state index is -1.35. The number of nitrogens with zero attached hydrogens (tertiary/aromatic N) is 1. The van der Waals surface area contributed by atoms with E-state index in [0.717, 1.165) is 42.1 Å². The van der Waals surface area contributed by atoms with Gasteiger partial charge < -0.3 is 14.7 Å². The Labute approximate surface area is 237 Å². The zero-order valence-corrected chi connectivity index (χ0v) is 23.7. The summed E-state index contributed by atoms with van der Waals surface area (Å²) < 4.78 is 19.6. The maximum Gasteiger partial charge on any atom is 0.342 e. The monoisotopic (exact) mass is 539 g/mol. The van der Waals surface area contributed by atoms with Gasteiger partial charge >= 0.3 is 5.97 Å². The maximum absolute atomic E-state index is 13.9. The second kappa shape index (κ2) is 13.3. The molecular formula is C35H38FNO3. The molecule has 0 heterocycles. The average molecular weight is 540 g/mol. The second-order valence-electron chi connectivity index (χ2n) is 10.4. The minimum Gasteiger partial charge on any atom is -0.488 e. The van der Waals surface area contributed by atoms with Crippen LogP contribution in [0.1, 0.15) is 73.5 Å². The smallest absolute Gasteiger partial charge is 0.342 e. The molecule has 4 rings (SSSR count). The van der Waals surface area contributed by atoms with Gasteiger partial charge in [-0.05, 0) is 90.8 Å². The van der Waals surface area contributed by atoms with Crippen LogP contribution >= 0.6 is 0 Å². The third-order valence-electron chi connectivity index (χ3n) is 7.46. The van der Waals surface area contributed by atoms with Crippen molar-refractivity contribution in [2.75, 3.05) is 4.90 Å². The first-order chi connectivity index (χ1) is 19.3. The summed E-state index contributed by atoms with van der Waals surface area (Å²) in [5, 5.41) is 9.30. The van der Waals surface area contributed by atoms with E-state index in [9.17, 15) is 14.3 Å². The van der Waals surface area contributed by atoms with Crippen LogP contribution in [0.25, 0.3) is 11.1 Å². The van der Waals surface area contributed by atoms with Crippen LogP contribution < -0.4 is 9.64 Å². The SMILES string of the molecule is CCC(CC)c1ccc(N(Cc2cccc(-c3ccc(COc4cccc(F)c4C(=O)O)cc3)c2)C(C)C)cc1. The molecule has 208 valence electrons. The Kier molecular flexibility index (Phi) is 9.60. The van der Waals surface area contributed by atoms with Gasteiger partial charge in [0.15, 0.2) is 0 Å². The summed E-state index contributed by atoms with van der Waals surface area (Å²) in [4.78, 5) is 13.8. The lowest BCUT2D eigenvalue weighted by atomic mass is 9.94. The highest BCUT2D eigenvalue weighted by atomic mass is 19.1. The highest BCUT2D eigenvalue weighted by Gasteiger charge is 2.17. The van der Waals surface area contributed by atoms with E-state index in [0.29, 0.717) is 12.0 Å². The number of aromatic carboxylic acids is 1. The highest BCUT2D eigenvalue weighted by molar-refractivity contribution is 5.91. The highest BCUT2D eigenvalue weighted by Crippen LogP contribution is 2.29. The second-order valence-corrected chi connectivity index (χ2v) is 10.4. The van der Waals surface area contributed by atoms with E-state index >= 15 is 0 Å². The molecule has 0 aliphatic carbocycles. The number of benzene rings is 4. The van der Waals surface area contributed by atoms with E-state index in [2.05, 4.69) is 81.1 Å². The molecule has 0 unspecified atom stereocenters. The molecule has 0 amide bonds. The van der Waals surface area contributed by atoms with Crippen LogP contribution in [0, 0.1) is 5.82 Å². The molecule has 0 aromatic heterocycles. The van der Waals surface area contributed by atoms with Gasteiger partial charge in [0.1, 0.15) is 23.7 Å². The van der Waals surface area contributed by atoms with Gasteiger partial charge in [-0.25, -0.2) is 9.18 Å². The Bertz CT molecular complexity index is 1410. The van der Waals surface area contributed by atoms with Crippen molar-refractivity contribution >= 4 is 11.7 Å². The van der Waals surface area contributed by atoms with Gasteiger partial charge in [0.2, 0.25) is 0 Å². The van der Waals surface area contributed by atoms with Gasteiger partial charge in [-0.3, -0.25) is 0 Å². The largest absolute Gasteiger partial charge is 0.488 e. The van der Waals surface area contributed by atoms with E-state index in [1.54, 1.807) is 0 Å². The molecule has 0 bridgehead atoms. The molecule has 0 saturated carbocycles. The van der Waals surface area contributed by atoms with E-state index in [4.69, 9.17) is 4.74 Å². The molecule has 0 radical (unpaired) electrons. The fourth-order valence-electron chi connectivity index (χ4n) is 5.10. The quantitative estimate of drug-likeness (QED) is 0.195. The third kappa shape index (κ3) is 6.90. The summed E-state index contributed by atoms with van der Waals surface area (Å²) in [7, 11) is 0. The average Bonchev–Trinajstić information content (AvgIpc) is 2.96. The first kappa shape index (κ1) is 28.9. The predicted octanol–water partition coefficient (Wildman–Crippen LogP) is 9.09. The molecule has 4 aromatic rings. The first-order valence-electron chi connectivity index (χ1n) is 14.0. The van der Waals surface area contributed by atoms with Crippen molar-refractivity contribution in [3.8, 4) is 16.9 Å². The Morgan fingerprint density at radius 1 is 0.850 bits per heavy atom. The van der Waals surface area contributed by atoms with Gasteiger partial charge in [-0.2, -0.15) is 0 Å². The fourth-order valence-corrected chi connectivity index (χ4v) is 5.10. The van der Waals surface area contributed by atoms with Crippen LogP contribution in [0.4, 0.5) is 10.1 Å². The molecule has 0 saturated heterocycles. The summed E-state index contributed by atoms with van der Waals surface area (Å²) in [5.74, 6) is -1.53. The third-order valence-corrected chi connectivity index (χ3v) is 7.46. The van der Waals surface area contributed by atoms with Crippen LogP contribution in [-0.2, 0) is 13.2 Å². The Hall–Kier alpha value is -4.12. The van der Waals surface area contributed by atoms with Crippen molar-refractivity contribution in [3.63, 3.8) is 0 Å². The number of rotatable bonds is 12. The molecule has 4 nitrogen and oxygen atoms in total. The minimum absolute atomic E-state index is 0.0177. The number of hydrogen-bond acceptors (Lipinski definition) is 3. The van der Waals surface area contributed by atoms with Gasteiger partial charge in [-0.15, -0.1) is 0 Å². The van der Waals surface area contributed by atoms with Crippen LogP contribution in [-0.4, -0.2) is 17.1 Å². The van der Waals surface area contributed by atoms with Crippen molar-refractivity contribution in [2.24, 2.45) is 0 Å². The zero-order chi connectivity index (χ0) is 28.6. The predicted molar refractivity (Wildman–Crippen MR) is 161 cm³/mol.